The zero-order valence-corrected chi connectivity index (χ0v) is 19.6. The van der Waals surface area contributed by atoms with Gasteiger partial charge < -0.3 is 26.0 Å². The average molecular weight is 493 g/mol. The Kier molecular flexibility index (Phi) is 13.4. The second-order valence-corrected chi connectivity index (χ2v) is 7.83. The van der Waals surface area contributed by atoms with Crippen LogP contribution in [0.3, 0.4) is 0 Å². The zero-order valence-electron chi connectivity index (χ0n) is 18.8. The molecule has 11 nitrogen and oxygen atoms in total. The molecular formula is C22H28N4O7S. The van der Waals surface area contributed by atoms with E-state index in [1.807, 2.05) is 0 Å². The van der Waals surface area contributed by atoms with E-state index in [4.69, 9.17) is 4.74 Å². The summed E-state index contributed by atoms with van der Waals surface area (Å²) < 4.78 is 4.91. The number of carbonyl (C=O) groups is 6. The Morgan fingerprint density at radius 2 is 1.44 bits per heavy atom. The summed E-state index contributed by atoms with van der Waals surface area (Å²) >= 11 is 0.815. The van der Waals surface area contributed by atoms with Crippen molar-refractivity contribution in [3.8, 4) is 0 Å². The first kappa shape index (κ1) is 28.4. The summed E-state index contributed by atoms with van der Waals surface area (Å²) in [4.78, 5) is 70.0. The van der Waals surface area contributed by atoms with Crippen molar-refractivity contribution in [1.29, 1.82) is 0 Å². The van der Waals surface area contributed by atoms with Gasteiger partial charge in [-0.2, -0.15) is 0 Å². The fraction of sp³-hybridized carbons (Fsp3) is 0.364. The molecule has 0 fully saturated rings. The highest BCUT2D eigenvalue weighted by molar-refractivity contribution is 8.14. The van der Waals surface area contributed by atoms with E-state index in [9.17, 15) is 28.8 Å². The van der Waals surface area contributed by atoms with Gasteiger partial charge in [0.05, 0.1) is 25.4 Å². The molecule has 0 unspecified atom stereocenters. The number of ether oxygens (including phenoxy) is 1. The van der Waals surface area contributed by atoms with Crippen LogP contribution in [0.2, 0.25) is 0 Å². The van der Waals surface area contributed by atoms with E-state index in [1.54, 1.807) is 37.3 Å². The maximum absolute atomic E-state index is 11.9. The van der Waals surface area contributed by atoms with E-state index in [-0.39, 0.29) is 36.5 Å². The number of thioether (sulfide) groups is 1. The smallest absolute Gasteiger partial charge is 0.325 e. The SMILES string of the molecule is C=C(C)C(=O)NCCCOC(=O)CNC(=O)CNC(=O)CNC(=O)CSC(=O)c1ccccc1. The largest absolute Gasteiger partial charge is 0.464 e. The van der Waals surface area contributed by atoms with E-state index >= 15 is 0 Å². The van der Waals surface area contributed by atoms with Crippen LogP contribution in [0, 0.1) is 0 Å². The first-order chi connectivity index (χ1) is 16.2. The third-order valence-electron chi connectivity index (χ3n) is 3.92. The molecule has 0 saturated heterocycles. The summed E-state index contributed by atoms with van der Waals surface area (Å²) in [5.74, 6) is -2.82. The van der Waals surface area contributed by atoms with Crippen LogP contribution in [0.4, 0.5) is 0 Å². The zero-order chi connectivity index (χ0) is 25.3. The number of rotatable bonds is 14. The van der Waals surface area contributed by atoms with Crippen LogP contribution in [0.15, 0.2) is 42.5 Å². The number of benzene rings is 1. The summed E-state index contributed by atoms with van der Waals surface area (Å²) in [5, 5.41) is 9.26. The number of esters is 1. The minimum Gasteiger partial charge on any atom is -0.464 e. The van der Waals surface area contributed by atoms with Crippen molar-refractivity contribution in [3.05, 3.63) is 48.0 Å². The number of carbonyl (C=O) groups excluding carboxylic acids is 6. The van der Waals surface area contributed by atoms with Gasteiger partial charge in [0.15, 0.2) is 0 Å². The Hall–Kier alpha value is -3.67. The van der Waals surface area contributed by atoms with Crippen molar-refractivity contribution in [2.24, 2.45) is 0 Å². The van der Waals surface area contributed by atoms with Gasteiger partial charge >= 0.3 is 5.97 Å². The topological polar surface area (TPSA) is 160 Å². The van der Waals surface area contributed by atoms with Crippen LogP contribution in [0.25, 0.3) is 0 Å². The number of hydrogen-bond acceptors (Lipinski definition) is 8. The molecule has 0 aliphatic heterocycles. The monoisotopic (exact) mass is 492 g/mol. The van der Waals surface area contributed by atoms with E-state index < -0.39 is 30.2 Å². The van der Waals surface area contributed by atoms with Gasteiger partial charge in [-0.1, -0.05) is 48.7 Å². The molecule has 0 saturated carbocycles. The molecule has 0 radical (unpaired) electrons. The number of amides is 4. The molecule has 1 rings (SSSR count). The molecule has 0 heterocycles. The Morgan fingerprint density at radius 3 is 2.06 bits per heavy atom. The Bertz CT molecular complexity index is 906. The van der Waals surface area contributed by atoms with Crippen molar-refractivity contribution >= 4 is 46.5 Å². The lowest BCUT2D eigenvalue weighted by Crippen LogP contribution is -2.43. The fourth-order valence-electron chi connectivity index (χ4n) is 2.16. The van der Waals surface area contributed by atoms with Gasteiger partial charge in [0.2, 0.25) is 28.7 Å². The molecule has 1 aromatic carbocycles. The molecule has 0 aliphatic rings. The minimum atomic E-state index is -0.666. The molecule has 184 valence electrons. The Balaban J connectivity index is 2.09. The molecule has 4 amide bonds. The first-order valence-electron chi connectivity index (χ1n) is 10.3. The first-order valence-corrected chi connectivity index (χ1v) is 11.3. The average Bonchev–Trinajstić information content (AvgIpc) is 2.83. The van der Waals surface area contributed by atoms with Crippen LogP contribution in [-0.2, 0) is 28.7 Å². The van der Waals surface area contributed by atoms with Gasteiger partial charge in [0.25, 0.3) is 0 Å². The van der Waals surface area contributed by atoms with Crippen LogP contribution in [0.1, 0.15) is 23.7 Å². The third-order valence-corrected chi connectivity index (χ3v) is 4.83. The summed E-state index contributed by atoms with van der Waals surface area (Å²) in [6, 6.07) is 8.48. The lowest BCUT2D eigenvalue weighted by Gasteiger charge is -2.09. The predicted molar refractivity (Wildman–Crippen MR) is 126 cm³/mol. The molecule has 0 spiro atoms. The summed E-state index contributed by atoms with van der Waals surface area (Å²) in [7, 11) is 0. The van der Waals surface area contributed by atoms with Crippen molar-refractivity contribution in [1.82, 2.24) is 21.3 Å². The van der Waals surface area contributed by atoms with Gasteiger partial charge in [-0.25, -0.2) is 0 Å². The molecule has 4 N–H and O–H groups in total. The molecule has 1 aromatic rings. The minimum absolute atomic E-state index is 0.0663. The summed E-state index contributed by atoms with van der Waals surface area (Å²) in [6.45, 7) is 4.32. The highest BCUT2D eigenvalue weighted by Crippen LogP contribution is 2.11. The van der Waals surface area contributed by atoms with Gasteiger partial charge in [0.1, 0.15) is 6.54 Å². The molecule has 0 bridgehead atoms. The van der Waals surface area contributed by atoms with Crippen LogP contribution >= 0.6 is 11.8 Å². The summed E-state index contributed by atoms with van der Waals surface area (Å²) in [5.41, 5.74) is 0.850. The van der Waals surface area contributed by atoms with Gasteiger partial charge in [-0.15, -0.1) is 0 Å². The van der Waals surface area contributed by atoms with E-state index in [0.717, 1.165) is 11.8 Å². The van der Waals surface area contributed by atoms with E-state index in [1.165, 1.54) is 0 Å². The van der Waals surface area contributed by atoms with Crippen LogP contribution < -0.4 is 21.3 Å². The molecular weight excluding hydrogens is 464 g/mol. The third kappa shape index (κ3) is 13.0. The highest BCUT2D eigenvalue weighted by Gasteiger charge is 2.12. The van der Waals surface area contributed by atoms with Crippen molar-refractivity contribution in [3.63, 3.8) is 0 Å². The summed E-state index contributed by atoms with van der Waals surface area (Å²) in [6.07, 6.45) is 0.402. The Morgan fingerprint density at radius 1 is 0.853 bits per heavy atom. The van der Waals surface area contributed by atoms with Gasteiger partial charge in [-0.3, -0.25) is 28.8 Å². The van der Waals surface area contributed by atoms with Gasteiger partial charge in [-0.05, 0) is 13.3 Å². The highest BCUT2D eigenvalue weighted by atomic mass is 32.2. The predicted octanol–water partition coefficient (Wildman–Crippen LogP) is -0.466. The van der Waals surface area contributed by atoms with E-state index in [0.29, 0.717) is 24.1 Å². The van der Waals surface area contributed by atoms with Crippen LogP contribution in [0.5, 0.6) is 0 Å². The number of hydrogen-bond donors (Lipinski definition) is 4. The standard InChI is InChI=1S/C22H28N4O7S/c1-15(2)21(31)23-9-6-10-33-20(30)13-26-18(28)11-24-17(27)12-25-19(29)14-34-22(32)16-7-4-3-5-8-16/h3-5,7-8H,1,6,9-14H2,2H3,(H,23,31)(H,24,27)(H,25,29)(H,26,28). The normalized spacial score (nSPS) is 9.91. The molecule has 0 aromatic heterocycles. The maximum atomic E-state index is 11.9. The second-order valence-electron chi connectivity index (χ2n) is 6.88. The molecule has 12 heteroatoms. The molecule has 0 aliphatic carbocycles. The fourth-order valence-corrected chi connectivity index (χ4v) is 2.82. The van der Waals surface area contributed by atoms with Crippen molar-refractivity contribution in [2.75, 3.05) is 38.5 Å². The lowest BCUT2D eigenvalue weighted by molar-refractivity contribution is -0.143. The second kappa shape index (κ2) is 16.0. The molecule has 34 heavy (non-hydrogen) atoms. The number of nitrogens with one attached hydrogen (secondary N) is 4. The van der Waals surface area contributed by atoms with Crippen molar-refractivity contribution in [2.45, 2.75) is 13.3 Å². The quantitative estimate of drug-likeness (QED) is 0.154. The Labute approximate surface area is 201 Å². The van der Waals surface area contributed by atoms with E-state index in [2.05, 4.69) is 27.8 Å². The van der Waals surface area contributed by atoms with Crippen LogP contribution in [-0.4, -0.2) is 73.3 Å². The lowest BCUT2D eigenvalue weighted by atomic mass is 10.2. The maximum Gasteiger partial charge on any atom is 0.325 e. The molecule has 0 atom stereocenters. The van der Waals surface area contributed by atoms with Crippen molar-refractivity contribution < 1.29 is 33.5 Å². The van der Waals surface area contributed by atoms with Gasteiger partial charge in [0, 0.05) is 17.7 Å².